The van der Waals surface area contributed by atoms with E-state index in [2.05, 4.69) is 0 Å². The Kier molecular flexibility index (Phi) is 5.20. The van der Waals surface area contributed by atoms with Crippen LogP contribution in [0.3, 0.4) is 0 Å². The molecule has 178 valence electrons. The van der Waals surface area contributed by atoms with Crippen molar-refractivity contribution in [2.75, 3.05) is 7.11 Å². The summed E-state index contributed by atoms with van der Waals surface area (Å²) in [7, 11) is 1.45. The van der Waals surface area contributed by atoms with Crippen molar-refractivity contribution in [2.45, 2.75) is 0 Å². The van der Waals surface area contributed by atoms with E-state index in [0.717, 1.165) is 21.5 Å². The SMILES string of the molecule is COC(C=CC1=C(O)c2cc3ccccc3cc2C1=O)=CC=C1C(=O)c2cc3ccccc3cc2C1=O. The minimum atomic E-state index is -0.338. The second-order valence-electron chi connectivity index (χ2n) is 8.93. The van der Waals surface area contributed by atoms with E-state index in [9.17, 15) is 19.5 Å². The lowest BCUT2D eigenvalue weighted by Crippen LogP contribution is -2.00. The lowest BCUT2D eigenvalue weighted by molar-refractivity contribution is 0.0986. The lowest BCUT2D eigenvalue weighted by atomic mass is 10.0. The maximum Gasteiger partial charge on any atom is 0.197 e. The zero-order valence-electron chi connectivity index (χ0n) is 19.8. The molecular formula is C32H20O5. The molecule has 2 aliphatic rings. The third kappa shape index (κ3) is 3.60. The number of rotatable bonds is 4. The fourth-order valence-electron chi connectivity index (χ4n) is 4.86. The van der Waals surface area contributed by atoms with Crippen molar-refractivity contribution in [1.82, 2.24) is 0 Å². The highest BCUT2D eigenvalue weighted by molar-refractivity contribution is 6.40. The Hall–Kier alpha value is -5.03. The molecule has 5 heteroatoms. The van der Waals surface area contributed by atoms with Crippen LogP contribution in [-0.4, -0.2) is 29.6 Å². The zero-order valence-corrected chi connectivity index (χ0v) is 19.8. The first-order valence-corrected chi connectivity index (χ1v) is 11.7. The summed E-state index contributed by atoms with van der Waals surface area (Å²) >= 11 is 0. The van der Waals surface area contributed by atoms with Gasteiger partial charge in [0.15, 0.2) is 17.3 Å². The van der Waals surface area contributed by atoms with Gasteiger partial charge in [0.25, 0.3) is 0 Å². The molecule has 2 aliphatic carbocycles. The van der Waals surface area contributed by atoms with Crippen molar-refractivity contribution < 1.29 is 24.2 Å². The summed E-state index contributed by atoms with van der Waals surface area (Å²) in [5, 5.41) is 14.4. The number of methoxy groups -OCH3 is 1. The van der Waals surface area contributed by atoms with Crippen LogP contribution in [0, 0.1) is 0 Å². The van der Waals surface area contributed by atoms with Crippen molar-refractivity contribution in [3.63, 3.8) is 0 Å². The highest BCUT2D eigenvalue weighted by Crippen LogP contribution is 2.35. The van der Waals surface area contributed by atoms with Gasteiger partial charge in [-0.3, -0.25) is 14.4 Å². The molecule has 0 aromatic heterocycles. The Morgan fingerprint density at radius 2 is 1.16 bits per heavy atom. The number of hydrogen-bond acceptors (Lipinski definition) is 5. The van der Waals surface area contributed by atoms with Crippen molar-refractivity contribution in [1.29, 1.82) is 0 Å². The Balaban J connectivity index is 1.31. The van der Waals surface area contributed by atoms with Gasteiger partial charge in [-0.05, 0) is 70.1 Å². The third-order valence-corrected chi connectivity index (χ3v) is 6.81. The second kappa shape index (κ2) is 8.57. The fourth-order valence-corrected chi connectivity index (χ4v) is 4.86. The average molecular weight is 485 g/mol. The molecule has 4 aromatic carbocycles. The van der Waals surface area contributed by atoms with Gasteiger partial charge in [0, 0.05) is 22.3 Å². The quantitative estimate of drug-likeness (QED) is 0.154. The van der Waals surface area contributed by atoms with Gasteiger partial charge in [-0.2, -0.15) is 0 Å². The molecule has 0 unspecified atom stereocenters. The van der Waals surface area contributed by atoms with Gasteiger partial charge in [-0.25, -0.2) is 0 Å². The predicted molar refractivity (Wildman–Crippen MR) is 143 cm³/mol. The van der Waals surface area contributed by atoms with Crippen LogP contribution in [0.15, 0.2) is 114 Å². The molecular weight excluding hydrogens is 464 g/mol. The molecule has 0 amide bonds. The molecule has 0 radical (unpaired) electrons. The maximum absolute atomic E-state index is 13.0. The number of fused-ring (bicyclic) bond motifs is 4. The molecule has 0 spiro atoms. The number of ketones is 3. The van der Waals surface area contributed by atoms with Crippen molar-refractivity contribution in [3.8, 4) is 0 Å². The van der Waals surface area contributed by atoms with Crippen LogP contribution in [0.1, 0.15) is 36.6 Å². The minimum absolute atomic E-state index is 0.0476. The number of carbonyl (C=O) groups excluding carboxylic acids is 3. The first-order chi connectivity index (χ1) is 18.0. The number of ether oxygens (including phenoxy) is 1. The van der Waals surface area contributed by atoms with E-state index in [1.54, 1.807) is 24.3 Å². The number of allylic oxidation sites excluding steroid dienone is 6. The Morgan fingerprint density at radius 3 is 1.65 bits per heavy atom. The van der Waals surface area contributed by atoms with Crippen LogP contribution in [-0.2, 0) is 4.74 Å². The van der Waals surface area contributed by atoms with Crippen LogP contribution in [0.5, 0.6) is 0 Å². The number of Topliss-reactive ketones (excluding diaryl/α,β-unsaturated/α-hetero) is 3. The van der Waals surface area contributed by atoms with Crippen LogP contribution < -0.4 is 0 Å². The smallest absolute Gasteiger partial charge is 0.197 e. The standard InChI is InChI=1S/C32H20O5/c1-37-22(10-12-23-29(33)25-14-18-6-2-3-7-19(18)15-26(25)30(23)34)11-13-24-31(35)27-16-20-8-4-5-9-21(20)17-28(27)32(24)36/h2-17,33H,1H3. The molecule has 0 saturated heterocycles. The van der Waals surface area contributed by atoms with Gasteiger partial charge in [0.2, 0.25) is 0 Å². The average Bonchev–Trinajstić information content (AvgIpc) is 3.29. The summed E-state index contributed by atoms with van der Waals surface area (Å²) < 4.78 is 5.38. The number of aliphatic hydroxyl groups excluding tert-OH is 1. The van der Waals surface area contributed by atoms with E-state index in [4.69, 9.17) is 4.74 Å². The fraction of sp³-hybridized carbons (Fsp3) is 0.0312. The monoisotopic (exact) mass is 484 g/mol. The van der Waals surface area contributed by atoms with Crippen LogP contribution >= 0.6 is 0 Å². The normalized spacial score (nSPS) is 15.3. The summed E-state index contributed by atoms with van der Waals surface area (Å²) in [6.07, 6.45) is 5.95. The molecule has 0 atom stereocenters. The number of hydrogen-bond donors (Lipinski definition) is 1. The molecule has 6 rings (SSSR count). The van der Waals surface area contributed by atoms with Gasteiger partial charge in [-0.15, -0.1) is 0 Å². The highest BCUT2D eigenvalue weighted by atomic mass is 16.5. The van der Waals surface area contributed by atoms with E-state index in [1.165, 1.54) is 31.4 Å². The second-order valence-corrected chi connectivity index (χ2v) is 8.93. The maximum atomic E-state index is 13.0. The summed E-state index contributed by atoms with van der Waals surface area (Å²) in [5.41, 5.74) is 1.89. The van der Waals surface area contributed by atoms with Crippen molar-refractivity contribution >= 4 is 44.7 Å². The molecule has 37 heavy (non-hydrogen) atoms. The number of benzene rings is 4. The topological polar surface area (TPSA) is 80.7 Å². The highest BCUT2D eigenvalue weighted by Gasteiger charge is 2.33. The summed E-state index contributed by atoms with van der Waals surface area (Å²) in [6.45, 7) is 0. The largest absolute Gasteiger partial charge is 0.507 e. The molecule has 0 fully saturated rings. The van der Waals surface area contributed by atoms with E-state index >= 15 is 0 Å². The first-order valence-electron chi connectivity index (χ1n) is 11.7. The summed E-state index contributed by atoms with van der Waals surface area (Å²) in [6, 6.07) is 22.3. The molecule has 4 aromatic rings. The first kappa shape index (κ1) is 22.4. The van der Waals surface area contributed by atoms with Crippen LogP contribution in [0.2, 0.25) is 0 Å². The van der Waals surface area contributed by atoms with Gasteiger partial charge in [-0.1, -0.05) is 48.5 Å². The lowest BCUT2D eigenvalue weighted by Gasteiger charge is -2.02. The number of carbonyl (C=O) groups is 3. The van der Waals surface area contributed by atoms with Gasteiger partial charge >= 0.3 is 0 Å². The number of aliphatic hydroxyl groups is 1. The predicted octanol–water partition coefficient (Wildman–Crippen LogP) is 6.55. The van der Waals surface area contributed by atoms with E-state index in [-0.39, 0.29) is 34.3 Å². The Bertz CT molecular complexity index is 1760. The summed E-state index contributed by atoms with van der Waals surface area (Å²) in [5.74, 6) is -0.750. The zero-order chi connectivity index (χ0) is 25.7. The van der Waals surface area contributed by atoms with Gasteiger partial charge < -0.3 is 9.84 Å². The van der Waals surface area contributed by atoms with Crippen LogP contribution in [0.25, 0.3) is 27.3 Å². The van der Waals surface area contributed by atoms with E-state index in [0.29, 0.717) is 28.0 Å². The van der Waals surface area contributed by atoms with Crippen molar-refractivity contribution in [2.24, 2.45) is 0 Å². The molecule has 1 N–H and O–H groups in total. The van der Waals surface area contributed by atoms with E-state index in [1.807, 2.05) is 48.5 Å². The third-order valence-electron chi connectivity index (χ3n) is 6.81. The van der Waals surface area contributed by atoms with Gasteiger partial charge in [0.05, 0.1) is 18.3 Å². The minimum Gasteiger partial charge on any atom is -0.507 e. The molecule has 5 nitrogen and oxygen atoms in total. The summed E-state index contributed by atoms with van der Waals surface area (Å²) in [4.78, 5) is 38.9. The van der Waals surface area contributed by atoms with Crippen molar-refractivity contribution in [3.05, 3.63) is 136 Å². The van der Waals surface area contributed by atoms with Crippen LogP contribution in [0.4, 0.5) is 0 Å². The Labute approximate surface area is 212 Å². The van der Waals surface area contributed by atoms with Gasteiger partial charge in [0.1, 0.15) is 11.5 Å². The van der Waals surface area contributed by atoms with E-state index < -0.39 is 0 Å². The molecule has 0 bridgehead atoms. The molecule has 0 heterocycles. The molecule has 0 aliphatic heterocycles. The molecule has 0 saturated carbocycles. The Morgan fingerprint density at radius 1 is 0.703 bits per heavy atom.